The first kappa shape index (κ1) is 21.7. The summed E-state index contributed by atoms with van der Waals surface area (Å²) in [7, 11) is -3.60. The summed E-state index contributed by atoms with van der Waals surface area (Å²) in [5.41, 5.74) is 2.02. The molecule has 4 rings (SSSR count). The van der Waals surface area contributed by atoms with Crippen LogP contribution >= 0.6 is 0 Å². The summed E-state index contributed by atoms with van der Waals surface area (Å²) in [5, 5.41) is 2.79. The number of nitrogens with zero attached hydrogens (tertiary/aromatic N) is 3. The number of carbonyl (C=O) groups excluding carboxylic acids is 1. The summed E-state index contributed by atoms with van der Waals surface area (Å²) >= 11 is 0. The molecule has 2 aliphatic rings. The first-order chi connectivity index (χ1) is 14.9. The molecular weight excluding hydrogens is 416 g/mol. The summed E-state index contributed by atoms with van der Waals surface area (Å²) in [6, 6.07) is 8.40. The summed E-state index contributed by atoms with van der Waals surface area (Å²) in [6.45, 7) is 5.84. The predicted molar refractivity (Wildman–Crippen MR) is 119 cm³/mol. The van der Waals surface area contributed by atoms with Gasteiger partial charge in [-0.15, -0.1) is 0 Å². The van der Waals surface area contributed by atoms with Gasteiger partial charge in [-0.25, -0.2) is 13.4 Å². The Bertz CT molecular complexity index is 1030. The van der Waals surface area contributed by atoms with Crippen LogP contribution in [-0.2, 0) is 14.8 Å². The Balaban J connectivity index is 1.50. The molecule has 0 aliphatic carbocycles. The Morgan fingerprint density at radius 1 is 1.03 bits per heavy atom. The molecule has 0 unspecified atom stereocenters. The highest BCUT2D eigenvalue weighted by Crippen LogP contribution is 2.24. The predicted octanol–water partition coefficient (Wildman–Crippen LogP) is 2.65. The second-order valence-corrected chi connectivity index (χ2v) is 9.83. The Morgan fingerprint density at radius 2 is 1.77 bits per heavy atom. The lowest BCUT2D eigenvalue weighted by molar-refractivity contribution is 0.102. The van der Waals surface area contributed by atoms with E-state index >= 15 is 0 Å². The Morgan fingerprint density at radius 3 is 2.45 bits per heavy atom. The van der Waals surface area contributed by atoms with Crippen molar-refractivity contribution in [3.8, 4) is 0 Å². The van der Waals surface area contributed by atoms with Crippen LogP contribution in [0, 0.1) is 6.92 Å². The molecule has 31 heavy (non-hydrogen) atoms. The zero-order valence-corrected chi connectivity index (χ0v) is 18.5. The molecule has 8 nitrogen and oxygen atoms in total. The lowest BCUT2D eigenvalue weighted by Crippen LogP contribution is -2.36. The van der Waals surface area contributed by atoms with Crippen LogP contribution in [0.5, 0.6) is 0 Å². The number of morpholine rings is 1. The highest BCUT2D eigenvalue weighted by molar-refractivity contribution is 7.89. The van der Waals surface area contributed by atoms with Gasteiger partial charge in [0.25, 0.3) is 5.91 Å². The van der Waals surface area contributed by atoms with Crippen LogP contribution in [0.1, 0.15) is 35.2 Å². The number of ether oxygens (including phenoxy) is 1. The first-order valence-electron chi connectivity index (χ1n) is 10.7. The average molecular weight is 445 g/mol. The topological polar surface area (TPSA) is 91.8 Å². The van der Waals surface area contributed by atoms with Gasteiger partial charge in [0.05, 0.1) is 30.0 Å². The molecule has 3 heterocycles. The van der Waals surface area contributed by atoms with Gasteiger partial charge in [-0.05, 0) is 49.6 Å². The van der Waals surface area contributed by atoms with Gasteiger partial charge < -0.3 is 15.0 Å². The largest absolute Gasteiger partial charge is 0.378 e. The highest BCUT2D eigenvalue weighted by Gasteiger charge is 2.27. The van der Waals surface area contributed by atoms with Gasteiger partial charge in [0.2, 0.25) is 10.0 Å². The van der Waals surface area contributed by atoms with Crippen molar-refractivity contribution in [3.05, 3.63) is 47.7 Å². The Hall–Kier alpha value is -2.49. The number of carbonyl (C=O) groups is 1. The lowest BCUT2D eigenvalue weighted by atomic mass is 10.1. The number of amides is 1. The molecule has 0 atom stereocenters. The van der Waals surface area contributed by atoms with Crippen molar-refractivity contribution < 1.29 is 17.9 Å². The van der Waals surface area contributed by atoms with Gasteiger partial charge in [-0.3, -0.25) is 4.79 Å². The molecule has 0 spiro atoms. The van der Waals surface area contributed by atoms with Gasteiger partial charge in [-0.1, -0.05) is 12.5 Å². The van der Waals surface area contributed by atoms with Gasteiger partial charge in [0.15, 0.2) is 0 Å². The van der Waals surface area contributed by atoms with Gasteiger partial charge in [0.1, 0.15) is 5.82 Å². The first-order valence-corrected chi connectivity index (χ1v) is 12.1. The van der Waals surface area contributed by atoms with Crippen molar-refractivity contribution in [2.75, 3.05) is 49.6 Å². The van der Waals surface area contributed by atoms with Crippen molar-refractivity contribution in [1.82, 2.24) is 9.29 Å². The third-order valence-corrected chi connectivity index (χ3v) is 7.67. The minimum atomic E-state index is -3.60. The number of aromatic nitrogens is 1. The highest BCUT2D eigenvalue weighted by atomic mass is 32.2. The molecule has 0 radical (unpaired) electrons. The normalized spacial score (nSPS) is 18.0. The average Bonchev–Trinajstić information content (AvgIpc) is 2.81. The zero-order chi connectivity index (χ0) is 21.8. The maximum Gasteiger partial charge on any atom is 0.257 e. The molecule has 2 fully saturated rings. The summed E-state index contributed by atoms with van der Waals surface area (Å²) in [4.78, 5) is 19.6. The van der Waals surface area contributed by atoms with Gasteiger partial charge >= 0.3 is 0 Å². The SMILES string of the molecule is Cc1ccc(S(=O)(=O)N2CCCCC2)cc1C(=O)Nc1ccc(N2CCOCC2)cn1. The monoisotopic (exact) mass is 444 g/mol. The number of sulfonamides is 1. The van der Waals surface area contributed by atoms with Crippen LogP contribution in [0.15, 0.2) is 41.4 Å². The maximum atomic E-state index is 13.0. The van der Waals surface area contributed by atoms with Crippen molar-refractivity contribution >= 4 is 27.4 Å². The smallest absolute Gasteiger partial charge is 0.257 e. The van der Waals surface area contributed by atoms with E-state index in [0.717, 1.165) is 38.0 Å². The number of aryl methyl sites for hydroxylation is 1. The third kappa shape index (κ3) is 4.89. The molecule has 1 aromatic heterocycles. The van der Waals surface area contributed by atoms with Crippen LogP contribution < -0.4 is 10.2 Å². The van der Waals surface area contributed by atoms with Gasteiger partial charge in [0, 0.05) is 31.7 Å². The van der Waals surface area contributed by atoms with Crippen LogP contribution in [0.2, 0.25) is 0 Å². The number of pyridine rings is 1. The van der Waals surface area contributed by atoms with E-state index in [-0.39, 0.29) is 10.8 Å². The number of piperidine rings is 1. The van der Waals surface area contributed by atoms with Crippen LogP contribution in [-0.4, -0.2) is 63.0 Å². The van der Waals surface area contributed by atoms with Crippen molar-refractivity contribution in [2.45, 2.75) is 31.1 Å². The Labute approximate surface area is 183 Å². The van der Waals surface area contributed by atoms with E-state index in [0.29, 0.717) is 43.2 Å². The molecular formula is C22H28N4O4S. The summed E-state index contributed by atoms with van der Waals surface area (Å²) < 4.78 is 32.8. The molecule has 0 saturated carbocycles. The van der Waals surface area contributed by atoms with Crippen molar-refractivity contribution in [3.63, 3.8) is 0 Å². The molecule has 0 bridgehead atoms. The van der Waals surface area contributed by atoms with E-state index in [9.17, 15) is 13.2 Å². The number of rotatable bonds is 5. The van der Waals surface area contributed by atoms with E-state index in [1.807, 2.05) is 6.07 Å². The maximum absolute atomic E-state index is 13.0. The minimum absolute atomic E-state index is 0.153. The second-order valence-electron chi connectivity index (χ2n) is 7.90. The zero-order valence-electron chi connectivity index (χ0n) is 17.7. The fourth-order valence-electron chi connectivity index (χ4n) is 3.91. The molecule has 1 N–H and O–H groups in total. The lowest BCUT2D eigenvalue weighted by Gasteiger charge is -2.28. The van der Waals surface area contributed by atoms with Gasteiger partial charge in [-0.2, -0.15) is 4.31 Å². The molecule has 2 aromatic rings. The number of anilines is 2. The van der Waals surface area contributed by atoms with E-state index < -0.39 is 10.0 Å². The fraction of sp³-hybridized carbons (Fsp3) is 0.455. The third-order valence-electron chi connectivity index (χ3n) is 5.77. The molecule has 1 aromatic carbocycles. The standard InChI is InChI=1S/C22H28N4O4S/c1-17-5-7-19(31(28,29)26-9-3-2-4-10-26)15-20(17)22(27)24-21-8-6-18(16-23-21)25-11-13-30-14-12-25/h5-8,15-16H,2-4,9-14H2,1H3,(H,23,24,27). The quantitative estimate of drug-likeness (QED) is 0.762. The number of hydrogen-bond acceptors (Lipinski definition) is 6. The summed E-state index contributed by atoms with van der Waals surface area (Å²) in [6.07, 6.45) is 4.50. The van der Waals surface area contributed by atoms with Crippen molar-refractivity contribution in [1.29, 1.82) is 0 Å². The van der Waals surface area contributed by atoms with E-state index in [1.54, 1.807) is 31.3 Å². The van der Waals surface area contributed by atoms with Crippen LogP contribution in [0.4, 0.5) is 11.5 Å². The van der Waals surface area contributed by atoms with E-state index in [2.05, 4.69) is 15.2 Å². The second kappa shape index (κ2) is 9.33. The molecule has 166 valence electrons. The molecule has 9 heteroatoms. The number of nitrogens with one attached hydrogen (secondary N) is 1. The van der Waals surface area contributed by atoms with E-state index in [1.165, 1.54) is 10.4 Å². The summed E-state index contributed by atoms with van der Waals surface area (Å²) in [5.74, 6) is 0.0468. The molecule has 1 amide bonds. The number of benzene rings is 1. The Kier molecular flexibility index (Phi) is 6.54. The van der Waals surface area contributed by atoms with Crippen LogP contribution in [0.3, 0.4) is 0 Å². The van der Waals surface area contributed by atoms with E-state index in [4.69, 9.17) is 4.74 Å². The molecule has 2 aliphatic heterocycles. The number of hydrogen-bond donors (Lipinski definition) is 1. The van der Waals surface area contributed by atoms with Crippen molar-refractivity contribution in [2.24, 2.45) is 0 Å². The molecule has 2 saturated heterocycles. The van der Waals surface area contributed by atoms with Crippen LogP contribution in [0.25, 0.3) is 0 Å². The fourth-order valence-corrected chi connectivity index (χ4v) is 5.46. The minimum Gasteiger partial charge on any atom is -0.378 e.